The topological polar surface area (TPSA) is 107 Å². The molecule has 0 saturated heterocycles. The van der Waals surface area contributed by atoms with Crippen LogP contribution < -0.4 is 0 Å². The van der Waals surface area contributed by atoms with Crippen molar-refractivity contribution in [3.63, 3.8) is 0 Å². The SMILES string of the molecule is CC1=CC(=O)OC1C/C=C(\C)CC[C@@H]1[C@@]2(C)CC[C@@H](O)[C@](C)(CO)C2C(O)C[C@@]1(C)O. The highest BCUT2D eigenvalue weighted by molar-refractivity contribution is 5.85. The monoisotopic (exact) mass is 436 g/mol. The van der Waals surface area contributed by atoms with E-state index in [-0.39, 0.29) is 36.9 Å². The fraction of sp³-hybridized carbons (Fsp3) is 0.800. The van der Waals surface area contributed by atoms with Gasteiger partial charge in [-0.1, -0.05) is 25.5 Å². The molecule has 0 spiro atoms. The Balaban J connectivity index is 1.76. The molecule has 176 valence electrons. The summed E-state index contributed by atoms with van der Waals surface area (Å²) in [6.07, 6.45) is 5.71. The van der Waals surface area contributed by atoms with Crippen LogP contribution in [0.15, 0.2) is 23.3 Å². The van der Waals surface area contributed by atoms with Gasteiger partial charge >= 0.3 is 5.97 Å². The summed E-state index contributed by atoms with van der Waals surface area (Å²) in [6.45, 7) is 9.57. The van der Waals surface area contributed by atoms with E-state index in [0.717, 1.165) is 18.4 Å². The molecular formula is C25H40O6. The molecule has 3 rings (SSSR count). The van der Waals surface area contributed by atoms with E-state index < -0.39 is 28.6 Å². The summed E-state index contributed by atoms with van der Waals surface area (Å²) in [5.74, 6) is -0.634. The number of fused-ring (bicyclic) bond motifs is 1. The third kappa shape index (κ3) is 4.37. The first-order valence-corrected chi connectivity index (χ1v) is 11.6. The molecule has 3 unspecified atom stereocenters. The molecule has 0 aromatic rings. The summed E-state index contributed by atoms with van der Waals surface area (Å²) in [6, 6.07) is 0. The van der Waals surface area contributed by atoms with Gasteiger partial charge in [-0.05, 0) is 63.4 Å². The highest BCUT2D eigenvalue weighted by Gasteiger charge is 2.64. The Morgan fingerprint density at radius 2 is 1.97 bits per heavy atom. The molecule has 6 nitrogen and oxygen atoms in total. The quantitative estimate of drug-likeness (QED) is 0.377. The first kappa shape index (κ1) is 24.4. The van der Waals surface area contributed by atoms with Crippen molar-refractivity contribution in [2.24, 2.45) is 22.7 Å². The second-order valence-electron chi connectivity index (χ2n) is 11.0. The lowest BCUT2D eigenvalue weighted by Gasteiger charge is -2.64. The highest BCUT2D eigenvalue weighted by atomic mass is 16.5. The van der Waals surface area contributed by atoms with E-state index >= 15 is 0 Å². The maximum Gasteiger partial charge on any atom is 0.331 e. The maximum atomic E-state index is 11.4. The number of aliphatic hydroxyl groups excluding tert-OH is 3. The van der Waals surface area contributed by atoms with Crippen LogP contribution in [0, 0.1) is 22.7 Å². The molecule has 0 radical (unpaired) electrons. The van der Waals surface area contributed by atoms with Crippen LogP contribution >= 0.6 is 0 Å². The van der Waals surface area contributed by atoms with Crippen LogP contribution in [0.2, 0.25) is 0 Å². The molecule has 1 aliphatic heterocycles. The van der Waals surface area contributed by atoms with Crippen LogP contribution in [0.3, 0.4) is 0 Å². The number of aliphatic hydroxyl groups is 4. The first-order chi connectivity index (χ1) is 14.3. The molecule has 8 atom stereocenters. The second-order valence-corrected chi connectivity index (χ2v) is 11.0. The van der Waals surface area contributed by atoms with E-state index in [0.29, 0.717) is 19.3 Å². The van der Waals surface area contributed by atoms with Crippen LogP contribution in [-0.2, 0) is 9.53 Å². The fourth-order valence-electron chi connectivity index (χ4n) is 6.96. The normalized spacial score (nSPS) is 45.8. The van der Waals surface area contributed by atoms with Gasteiger partial charge in [0.05, 0.1) is 24.4 Å². The van der Waals surface area contributed by atoms with Crippen LogP contribution in [0.1, 0.15) is 73.1 Å². The molecule has 2 fully saturated rings. The van der Waals surface area contributed by atoms with E-state index in [2.05, 4.69) is 19.9 Å². The van der Waals surface area contributed by atoms with Gasteiger partial charge < -0.3 is 25.2 Å². The zero-order valence-corrected chi connectivity index (χ0v) is 19.6. The molecule has 0 aromatic carbocycles. The van der Waals surface area contributed by atoms with Crippen LogP contribution in [0.25, 0.3) is 0 Å². The van der Waals surface area contributed by atoms with Gasteiger partial charge in [0.15, 0.2) is 0 Å². The number of carbonyl (C=O) groups is 1. The van der Waals surface area contributed by atoms with Crippen LogP contribution in [0.5, 0.6) is 0 Å². The molecule has 2 aliphatic carbocycles. The van der Waals surface area contributed by atoms with Crippen molar-refractivity contribution in [3.05, 3.63) is 23.3 Å². The lowest BCUT2D eigenvalue weighted by molar-refractivity contribution is -0.246. The number of allylic oxidation sites excluding steroid dienone is 1. The third-order valence-corrected chi connectivity index (χ3v) is 8.65. The van der Waals surface area contributed by atoms with E-state index in [1.54, 1.807) is 0 Å². The number of ether oxygens (including phenoxy) is 1. The van der Waals surface area contributed by atoms with Crippen LogP contribution in [-0.4, -0.2) is 56.9 Å². The van der Waals surface area contributed by atoms with Gasteiger partial charge in [0.1, 0.15) is 6.10 Å². The standard InChI is InChI=1S/C25H40O6/c1-15(6-8-18-16(2)12-21(29)31-18)7-9-19-23(3)11-10-20(28)24(4,14-26)22(23)17(27)13-25(19,5)30/h6,12,17-20,22,26-28,30H,7-11,13-14H2,1-5H3/b15-6+/t17?,18?,19-,20-,22?,23-,24+,25-/m1/s1. The van der Waals surface area contributed by atoms with Crippen molar-refractivity contribution >= 4 is 5.97 Å². The number of hydrogen-bond donors (Lipinski definition) is 4. The summed E-state index contributed by atoms with van der Waals surface area (Å²) >= 11 is 0. The van der Waals surface area contributed by atoms with E-state index in [4.69, 9.17) is 4.74 Å². The van der Waals surface area contributed by atoms with Crippen LogP contribution in [0.4, 0.5) is 0 Å². The van der Waals surface area contributed by atoms with E-state index in [9.17, 15) is 25.2 Å². The van der Waals surface area contributed by atoms with Gasteiger partial charge in [0.25, 0.3) is 0 Å². The molecule has 0 bridgehead atoms. The molecule has 4 N–H and O–H groups in total. The van der Waals surface area contributed by atoms with Gasteiger partial charge in [0.2, 0.25) is 0 Å². The number of cyclic esters (lactones) is 1. The van der Waals surface area contributed by atoms with Gasteiger partial charge in [-0.2, -0.15) is 0 Å². The predicted octanol–water partition coefficient (Wildman–Crippen LogP) is 2.88. The fourth-order valence-corrected chi connectivity index (χ4v) is 6.96. The number of hydrogen-bond acceptors (Lipinski definition) is 6. The summed E-state index contributed by atoms with van der Waals surface area (Å²) < 4.78 is 5.30. The van der Waals surface area contributed by atoms with E-state index in [1.807, 2.05) is 20.8 Å². The second kappa shape index (κ2) is 8.62. The summed E-state index contributed by atoms with van der Waals surface area (Å²) in [7, 11) is 0. The lowest BCUT2D eigenvalue weighted by atomic mass is 9.43. The zero-order chi connectivity index (χ0) is 23.2. The van der Waals surface area contributed by atoms with Crippen molar-refractivity contribution < 1.29 is 30.0 Å². The largest absolute Gasteiger partial charge is 0.454 e. The minimum Gasteiger partial charge on any atom is -0.454 e. The summed E-state index contributed by atoms with van der Waals surface area (Å²) in [4.78, 5) is 11.4. The Hall–Kier alpha value is -1.21. The van der Waals surface area contributed by atoms with Gasteiger partial charge in [-0.3, -0.25) is 0 Å². The zero-order valence-electron chi connectivity index (χ0n) is 19.6. The van der Waals surface area contributed by atoms with Crippen molar-refractivity contribution in [2.75, 3.05) is 6.61 Å². The smallest absolute Gasteiger partial charge is 0.331 e. The molecule has 3 aliphatic rings. The van der Waals surface area contributed by atoms with Crippen molar-refractivity contribution in [3.8, 4) is 0 Å². The third-order valence-electron chi connectivity index (χ3n) is 8.65. The number of rotatable bonds is 6. The minimum absolute atomic E-state index is 0.0685. The van der Waals surface area contributed by atoms with E-state index in [1.165, 1.54) is 11.6 Å². The van der Waals surface area contributed by atoms with Gasteiger partial charge in [-0.25, -0.2) is 4.79 Å². The Labute approximate surface area is 186 Å². The molecular weight excluding hydrogens is 396 g/mol. The number of esters is 1. The Morgan fingerprint density at radius 3 is 2.55 bits per heavy atom. The maximum absolute atomic E-state index is 11.4. The molecule has 1 heterocycles. The highest BCUT2D eigenvalue weighted by Crippen LogP contribution is 2.63. The Bertz CT molecular complexity index is 755. The Kier molecular flexibility index (Phi) is 6.79. The predicted molar refractivity (Wildman–Crippen MR) is 118 cm³/mol. The minimum atomic E-state index is -1.02. The number of carbonyl (C=O) groups excluding carboxylic acids is 1. The molecule has 0 aromatic heterocycles. The van der Waals surface area contributed by atoms with Crippen molar-refractivity contribution in [1.82, 2.24) is 0 Å². The first-order valence-electron chi connectivity index (χ1n) is 11.6. The molecule has 6 heteroatoms. The average Bonchev–Trinajstić information content (AvgIpc) is 2.99. The van der Waals surface area contributed by atoms with Crippen molar-refractivity contribution in [2.45, 2.75) is 97.1 Å². The van der Waals surface area contributed by atoms with Crippen molar-refractivity contribution in [1.29, 1.82) is 0 Å². The summed E-state index contributed by atoms with van der Waals surface area (Å²) in [5.41, 5.74) is -0.0822. The molecule has 0 amide bonds. The Morgan fingerprint density at radius 1 is 1.29 bits per heavy atom. The summed E-state index contributed by atoms with van der Waals surface area (Å²) in [5, 5.41) is 43.1. The molecule has 2 saturated carbocycles. The molecule has 31 heavy (non-hydrogen) atoms. The average molecular weight is 437 g/mol. The lowest BCUT2D eigenvalue weighted by Crippen LogP contribution is -2.66. The van der Waals surface area contributed by atoms with Gasteiger partial charge in [-0.15, -0.1) is 0 Å². The van der Waals surface area contributed by atoms with Gasteiger partial charge in [0, 0.05) is 30.3 Å².